The molecule has 0 fully saturated rings. The fourth-order valence-electron chi connectivity index (χ4n) is 0.616. The van der Waals surface area contributed by atoms with Crippen LogP contribution in [0.25, 0.3) is 0 Å². The number of amides is 1. The number of nitrogens with two attached hydrogens (primary N) is 1. The van der Waals surface area contributed by atoms with Gasteiger partial charge in [0, 0.05) is 20.2 Å². The van der Waals surface area contributed by atoms with E-state index >= 15 is 0 Å². The van der Waals surface area contributed by atoms with Crippen molar-refractivity contribution in [1.82, 2.24) is 5.32 Å². The molecule has 0 saturated carbocycles. The fourth-order valence-corrected chi connectivity index (χ4v) is 0.616. The zero-order chi connectivity index (χ0) is 9.23. The Hall–Kier alpha value is -0.650. The quantitative estimate of drug-likeness (QED) is 0.452. The monoisotopic (exact) mass is 176 g/mol. The van der Waals surface area contributed by atoms with Crippen molar-refractivity contribution in [1.29, 1.82) is 0 Å². The number of methoxy groups -OCH3 is 1. The number of carbonyl (C=O) groups excluding carboxylic acids is 1. The van der Waals surface area contributed by atoms with E-state index in [1.807, 2.05) is 0 Å². The second-order valence-electron chi connectivity index (χ2n) is 2.26. The lowest BCUT2D eigenvalue weighted by Crippen LogP contribution is -2.26. The van der Waals surface area contributed by atoms with Crippen LogP contribution in [0.3, 0.4) is 0 Å². The van der Waals surface area contributed by atoms with Crippen LogP contribution >= 0.6 is 0 Å². The first kappa shape index (κ1) is 11.4. The summed E-state index contributed by atoms with van der Waals surface area (Å²) in [7, 11) is 1.64. The van der Waals surface area contributed by atoms with Crippen LogP contribution in [0.15, 0.2) is 0 Å². The standard InChI is InChI=1S/C7H16N2O3/c1-11-4-2-9-3-5-12-6-7(8)10/h9H,2-6H2,1H3,(H2,8,10). The Morgan fingerprint density at radius 2 is 2.08 bits per heavy atom. The summed E-state index contributed by atoms with van der Waals surface area (Å²) in [6.45, 7) is 2.65. The van der Waals surface area contributed by atoms with Crippen LogP contribution in [0.2, 0.25) is 0 Å². The molecule has 0 spiro atoms. The highest BCUT2D eigenvalue weighted by Gasteiger charge is 1.92. The highest BCUT2D eigenvalue weighted by Crippen LogP contribution is 1.71. The molecule has 0 aromatic carbocycles. The largest absolute Gasteiger partial charge is 0.383 e. The van der Waals surface area contributed by atoms with Gasteiger partial charge in [-0.2, -0.15) is 0 Å². The summed E-state index contributed by atoms with van der Waals surface area (Å²) in [6.07, 6.45) is 0. The Balaban J connectivity index is 2.86. The van der Waals surface area contributed by atoms with Gasteiger partial charge < -0.3 is 20.5 Å². The van der Waals surface area contributed by atoms with Crippen LogP contribution in [0.4, 0.5) is 0 Å². The van der Waals surface area contributed by atoms with E-state index in [2.05, 4.69) is 5.32 Å². The summed E-state index contributed by atoms with van der Waals surface area (Å²) >= 11 is 0. The molecule has 0 aromatic rings. The lowest BCUT2D eigenvalue weighted by molar-refractivity contribution is -0.122. The summed E-state index contributed by atoms with van der Waals surface area (Å²) in [5, 5.41) is 3.06. The average Bonchev–Trinajstić information content (AvgIpc) is 2.02. The third kappa shape index (κ3) is 9.35. The fraction of sp³-hybridized carbons (Fsp3) is 0.857. The van der Waals surface area contributed by atoms with Crippen molar-refractivity contribution < 1.29 is 14.3 Å². The lowest BCUT2D eigenvalue weighted by atomic mass is 10.6. The summed E-state index contributed by atoms with van der Waals surface area (Å²) in [4.78, 5) is 10.2. The SMILES string of the molecule is COCCNCCOCC(N)=O. The molecule has 12 heavy (non-hydrogen) atoms. The third-order valence-electron chi connectivity index (χ3n) is 1.15. The molecule has 5 heteroatoms. The van der Waals surface area contributed by atoms with Gasteiger partial charge >= 0.3 is 0 Å². The summed E-state index contributed by atoms with van der Waals surface area (Å²) in [5.74, 6) is -0.438. The van der Waals surface area contributed by atoms with Crippen LogP contribution in [-0.4, -0.2) is 45.9 Å². The molecule has 0 atom stereocenters. The Kier molecular flexibility index (Phi) is 7.99. The Morgan fingerprint density at radius 3 is 2.67 bits per heavy atom. The highest BCUT2D eigenvalue weighted by atomic mass is 16.5. The van der Waals surface area contributed by atoms with Crippen LogP contribution in [0, 0.1) is 0 Å². The van der Waals surface area contributed by atoms with Gasteiger partial charge in [-0.25, -0.2) is 0 Å². The average molecular weight is 176 g/mol. The second-order valence-corrected chi connectivity index (χ2v) is 2.26. The number of hydrogen-bond acceptors (Lipinski definition) is 4. The van der Waals surface area contributed by atoms with Gasteiger partial charge in [-0.15, -0.1) is 0 Å². The number of carbonyl (C=O) groups is 1. The van der Waals surface area contributed by atoms with E-state index < -0.39 is 5.91 Å². The first-order valence-electron chi connectivity index (χ1n) is 3.83. The van der Waals surface area contributed by atoms with Crippen molar-refractivity contribution in [3.8, 4) is 0 Å². The van der Waals surface area contributed by atoms with Crippen LogP contribution in [0.1, 0.15) is 0 Å². The van der Waals surface area contributed by atoms with E-state index in [0.29, 0.717) is 19.8 Å². The van der Waals surface area contributed by atoms with Crippen molar-refractivity contribution in [2.24, 2.45) is 5.73 Å². The van der Waals surface area contributed by atoms with Crippen molar-refractivity contribution in [2.75, 3.05) is 40.0 Å². The van der Waals surface area contributed by atoms with Crippen molar-refractivity contribution in [3.63, 3.8) is 0 Å². The van der Waals surface area contributed by atoms with E-state index in [4.69, 9.17) is 15.2 Å². The first-order chi connectivity index (χ1) is 5.77. The third-order valence-corrected chi connectivity index (χ3v) is 1.15. The maximum Gasteiger partial charge on any atom is 0.243 e. The number of nitrogens with one attached hydrogen (secondary N) is 1. The predicted octanol–water partition coefficient (Wildman–Crippen LogP) is -1.28. The van der Waals surface area contributed by atoms with Gasteiger partial charge in [-0.3, -0.25) is 4.79 Å². The molecule has 0 unspecified atom stereocenters. The molecule has 0 heterocycles. The van der Waals surface area contributed by atoms with E-state index in [1.54, 1.807) is 7.11 Å². The normalized spacial score (nSPS) is 10.1. The molecule has 0 bridgehead atoms. The van der Waals surface area contributed by atoms with Crippen molar-refractivity contribution in [3.05, 3.63) is 0 Å². The van der Waals surface area contributed by atoms with Crippen LogP contribution < -0.4 is 11.1 Å². The van der Waals surface area contributed by atoms with Gasteiger partial charge in [0.25, 0.3) is 0 Å². The molecule has 0 radical (unpaired) electrons. The molecule has 72 valence electrons. The van der Waals surface area contributed by atoms with Crippen molar-refractivity contribution >= 4 is 5.91 Å². The Labute approximate surface area is 72.2 Å². The van der Waals surface area contributed by atoms with Gasteiger partial charge in [0.15, 0.2) is 0 Å². The zero-order valence-electron chi connectivity index (χ0n) is 7.34. The lowest BCUT2D eigenvalue weighted by Gasteiger charge is -2.03. The maximum atomic E-state index is 10.2. The van der Waals surface area contributed by atoms with Gasteiger partial charge in [0.05, 0.1) is 13.2 Å². The van der Waals surface area contributed by atoms with Crippen molar-refractivity contribution in [2.45, 2.75) is 0 Å². The van der Waals surface area contributed by atoms with E-state index in [9.17, 15) is 4.79 Å². The topological polar surface area (TPSA) is 73.6 Å². The second kappa shape index (κ2) is 8.45. The molecule has 0 aliphatic rings. The molecule has 0 saturated heterocycles. The number of ether oxygens (including phenoxy) is 2. The van der Waals surface area contributed by atoms with Gasteiger partial charge in [-0.05, 0) is 0 Å². The molecule has 1 amide bonds. The minimum absolute atomic E-state index is 0.00798. The number of rotatable bonds is 8. The molecule has 5 nitrogen and oxygen atoms in total. The summed E-state index contributed by atoms with van der Waals surface area (Å²) in [5.41, 5.74) is 4.85. The van der Waals surface area contributed by atoms with Gasteiger partial charge in [0.2, 0.25) is 5.91 Å². The minimum Gasteiger partial charge on any atom is -0.383 e. The van der Waals surface area contributed by atoms with E-state index in [0.717, 1.165) is 6.54 Å². The zero-order valence-corrected chi connectivity index (χ0v) is 7.34. The molecule has 0 rings (SSSR count). The molecule has 3 N–H and O–H groups in total. The molecule has 0 aromatic heterocycles. The van der Waals surface area contributed by atoms with Gasteiger partial charge in [0.1, 0.15) is 6.61 Å². The predicted molar refractivity (Wildman–Crippen MR) is 44.8 cm³/mol. The Bertz CT molecular complexity index is 119. The number of primary amides is 1. The molecule has 0 aliphatic carbocycles. The Morgan fingerprint density at radius 1 is 1.42 bits per heavy atom. The molecular weight excluding hydrogens is 160 g/mol. The molecular formula is C7H16N2O3. The van der Waals surface area contributed by atoms with Crippen LogP contribution in [-0.2, 0) is 14.3 Å². The summed E-state index contributed by atoms with van der Waals surface area (Å²) < 4.78 is 9.71. The van der Waals surface area contributed by atoms with Gasteiger partial charge in [-0.1, -0.05) is 0 Å². The summed E-state index contributed by atoms with van der Waals surface area (Å²) in [6, 6.07) is 0. The maximum absolute atomic E-state index is 10.2. The number of hydrogen-bond donors (Lipinski definition) is 2. The van der Waals surface area contributed by atoms with E-state index in [-0.39, 0.29) is 6.61 Å². The first-order valence-corrected chi connectivity index (χ1v) is 3.83. The van der Waals surface area contributed by atoms with Crippen LogP contribution in [0.5, 0.6) is 0 Å². The minimum atomic E-state index is -0.438. The molecule has 0 aliphatic heterocycles. The highest BCUT2D eigenvalue weighted by molar-refractivity contribution is 5.74. The smallest absolute Gasteiger partial charge is 0.243 e. The van der Waals surface area contributed by atoms with E-state index in [1.165, 1.54) is 0 Å².